The summed E-state index contributed by atoms with van der Waals surface area (Å²) in [7, 11) is 0. The van der Waals surface area contributed by atoms with Gasteiger partial charge in [-0.3, -0.25) is 0 Å². The average molecular weight is 323 g/mol. The molecule has 0 heterocycles. The molecule has 2 aromatic carbocycles. The first-order valence-electron chi connectivity index (χ1n) is 7.03. The molecule has 98 valence electrons. The summed E-state index contributed by atoms with van der Waals surface area (Å²) in [6.45, 7) is 0. The Labute approximate surface area is 128 Å². The first kappa shape index (κ1) is 12.2. The minimum Gasteiger partial charge on any atom is -0.0871 e. The summed E-state index contributed by atoms with van der Waals surface area (Å²) < 4.78 is 0. The molecule has 2 aliphatic rings. The van der Waals surface area contributed by atoms with Gasteiger partial charge in [-0.2, -0.15) is 0 Å². The highest BCUT2D eigenvalue weighted by atomic mass is 79.9. The number of hydrogen-bond donors (Lipinski definition) is 0. The third-order valence-corrected chi connectivity index (χ3v) is 5.50. The van der Waals surface area contributed by atoms with Gasteiger partial charge in [-0.05, 0) is 22.3 Å². The molecule has 2 aromatic rings. The Hall–Kier alpha value is -1.60. The van der Waals surface area contributed by atoms with Gasteiger partial charge in [0.05, 0.1) is 0 Å². The third kappa shape index (κ3) is 1.81. The summed E-state index contributed by atoms with van der Waals surface area (Å²) in [5.74, 6) is 0.902. The van der Waals surface area contributed by atoms with E-state index in [1.54, 1.807) is 0 Å². The lowest BCUT2D eigenvalue weighted by Gasteiger charge is -2.24. The standard InChI is InChI=1S/C19H15Br/c20-19(17-11-9-13-5-1-3-7-15(13)17)18-12-10-14-6-2-4-8-16(14)18/h1-12,17-19H. The second kappa shape index (κ2) is 4.75. The van der Waals surface area contributed by atoms with Crippen molar-refractivity contribution < 1.29 is 0 Å². The molecule has 0 aliphatic heterocycles. The zero-order valence-corrected chi connectivity index (χ0v) is 12.6. The lowest BCUT2D eigenvalue weighted by molar-refractivity contribution is 0.718. The molecule has 1 heteroatoms. The molecule has 0 radical (unpaired) electrons. The van der Waals surface area contributed by atoms with Crippen molar-refractivity contribution in [3.8, 4) is 0 Å². The van der Waals surface area contributed by atoms with E-state index in [1.165, 1.54) is 22.3 Å². The van der Waals surface area contributed by atoms with Crippen molar-refractivity contribution in [3.05, 3.63) is 82.9 Å². The lowest BCUT2D eigenvalue weighted by atomic mass is 9.87. The van der Waals surface area contributed by atoms with Crippen LogP contribution in [0.2, 0.25) is 0 Å². The maximum Gasteiger partial charge on any atom is 0.0353 e. The molecule has 0 saturated carbocycles. The van der Waals surface area contributed by atoms with Crippen molar-refractivity contribution in [2.45, 2.75) is 16.7 Å². The molecule has 2 unspecified atom stereocenters. The summed E-state index contributed by atoms with van der Waals surface area (Å²) in [5.41, 5.74) is 5.59. The molecule has 0 amide bonds. The second-order valence-corrected chi connectivity index (χ2v) is 6.53. The second-order valence-electron chi connectivity index (χ2n) is 5.47. The largest absolute Gasteiger partial charge is 0.0871 e. The zero-order chi connectivity index (χ0) is 13.5. The van der Waals surface area contributed by atoms with Gasteiger partial charge in [0.2, 0.25) is 0 Å². The minimum atomic E-state index is 0.405. The summed E-state index contributed by atoms with van der Waals surface area (Å²) in [6.07, 6.45) is 9.16. The molecular formula is C19H15Br. The predicted molar refractivity (Wildman–Crippen MR) is 89.1 cm³/mol. The Morgan fingerprint density at radius 1 is 0.700 bits per heavy atom. The molecule has 2 aliphatic carbocycles. The van der Waals surface area contributed by atoms with Crippen LogP contribution in [0.1, 0.15) is 34.1 Å². The van der Waals surface area contributed by atoms with Gasteiger partial charge in [0.25, 0.3) is 0 Å². The quantitative estimate of drug-likeness (QED) is 0.652. The van der Waals surface area contributed by atoms with E-state index in [0.29, 0.717) is 16.7 Å². The highest BCUT2D eigenvalue weighted by Gasteiger charge is 2.32. The SMILES string of the molecule is BrC(C1C=Cc2ccccc21)C1C=Cc2ccccc21. The van der Waals surface area contributed by atoms with Crippen molar-refractivity contribution in [2.24, 2.45) is 0 Å². The van der Waals surface area contributed by atoms with E-state index < -0.39 is 0 Å². The molecular weight excluding hydrogens is 308 g/mol. The normalized spacial score (nSPS) is 23.6. The van der Waals surface area contributed by atoms with Crippen LogP contribution in [0.5, 0.6) is 0 Å². The van der Waals surface area contributed by atoms with E-state index in [0.717, 1.165) is 0 Å². The third-order valence-electron chi connectivity index (χ3n) is 4.36. The van der Waals surface area contributed by atoms with Crippen LogP contribution in [0.15, 0.2) is 60.7 Å². The fourth-order valence-electron chi connectivity index (χ4n) is 3.33. The zero-order valence-electron chi connectivity index (χ0n) is 11.0. The molecule has 0 bridgehead atoms. The summed E-state index contributed by atoms with van der Waals surface area (Å²) in [4.78, 5) is 0.405. The van der Waals surface area contributed by atoms with Crippen LogP contribution in [0.25, 0.3) is 12.2 Å². The van der Waals surface area contributed by atoms with Gasteiger partial charge < -0.3 is 0 Å². The fourth-order valence-corrected chi connectivity index (χ4v) is 4.26. The number of benzene rings is 2. The highest BCUT2D eigenvalue weighted by Crippen LogP contribution is 2.45. The van der Waals surface area contributed by atoms with Crippen molar-refractivity contribution in [1.29, 1.82) is 0 Å². The van der Waals surface area contributed by atoms with E-state index in [2.05, 4.69) is 88.8 Å². The predicted octanol–water partition coefficient (Wildman–Crippen LogP) is 5.37. The Kier molecular flexibility index (Phi) is 2.89. The van der Waals surface area contributed by atoms with Crippen LogP contribution in [-0.2, 0) is 0 Å². The smallest absolute Gasteiger partial charge is 0.0353 e. The van der Waals surface area contributed by atoms with Crippen molar-refractivity contribution in [3.63, 3.8) is 0 Å². The van der Waals surface area contributed by atoms with Crippen molar-refractivity contribution in [2.75, 3.05) is 0 Å². The van der Waals surface area contributed by atoms with Gasteiger partial charge in [0.1, 0.15) is 0 Å². The fraction of sp³-hybridized carbons (Fsp3) is 0.158. The van der Waals surface area contributed by atoms with Gasteiger partial charge in [-0.15, -0.1) is 0 Å². The lowest BCUT2D eigenvalue weighted by Crippen LogP contribution is -2.16. The molecule has 2 atom stereocenters. The van der Waals surface area contributed by atoms with Crippen LogP contribution >= 0.6 is 15.9 Å². The monoisotopic (exact) mass is 322 g/mol. The number of alkyl halides is 1. The Balaban J connectivity index is 1.69. The molecule has 20 heavy (non-hydrogen) atoms. The topological polar surface area (TPSA) is 0 Å². The first-order valence-corrected chi connectivity index (χ1v) is 7.94. The molecule has 0 spiro atoms. The summed E-state index contributed by atoms with van der Waals surface area (Å²) in [5, 5.41) is 0. The van der Waals surface area contributed by atoms with Gasteiger partial charge >= 0.3 is 0 Å². The van der Waals surface area contributed by atoms with Crippen LogP contribution in [0, 0.1) is 0 Å². The number of fused-ring (bicyclic) bond motifs is 2. The number of halogens is 1. The van der Waals surface area contributed by atoms with E-state index in [4.69, 9.17) is 0 Å². The molecule has 0 nitrogen and oxygen atoms in total. The highest BCUT2D eigenvalue weighted by molar-refractivity contribution is 9.09. The minimum absolute atomic E-state index is 0.405. The Morgan fingerprint density at radius 3 is 1.65 bits per heavy atom. The van der Waals surface area contributed by atoms with Crippen LogP contribution in [-0.4, -0.2) is 4.83 Å². The maximum atomic E-state index is 3.97. The molecule has 0 saturated heterocycles. The van der Waals surface area contributed by atoms with Gasteiger partial charge in [0, 0.05) is 16.7 Å². The number of rotatable bonds is 2. The number of allylic oxidation sites excluding steroid dienone is 2. The Bertz CT molecular complexity index is 650. The van der Waals surface area contributed by atoms with Gasteiger partial charge in [-0.25, -0.2) is 0 Å². The average Bonchev–Trinajstić information content (AvgIpc) is 3.11. The van der Waals surface area contributed by atoms with Crippen LogP contribution < -0.4 is 0 Å². The van der Waals surface area contributed by atoms with E-state index >= 15 is 0 Å². The molecule has 0 aromatic heterocycles. The Morgan fingerprint density at radius 2 is 1.15 bits per heavy atom. The summed E-state index contributed by atoms with van der Waals surface area (Å²) in [6, 6.07) is 17.4. The molecule has 0 fully saturated rings. The van der Waals surface area contributed by atoms with Crippen LogP contribution in [0.3, 0.4) is 0 Å². The van der Waals surface area contributed by atoms with E-state index in [-0.39, 0.29) is 0 Å². The maximum absolute atomic E-state index is 3.97. The summed E-state index contributed by atoms with van der Waals surface area (Å²) >= 11 is 3.97. The van der Waals surface area contributed by atoms with Crippen LogP contribution in [0.4, 0.5) is 0 Å². The van der Waals surface area contributed by atoms with Gasteiger partial charge in [0.15, 0.2) is 0 Å². The van der Waals surface area contributed by atoms with E-state index in [9.17, 15) is 0 Å². The number of hydrogen-bond acceptors (Lipinski definition) is 0. The van der Waals surface area contributed by atoms with Crippen molar-refractivity contribution >= 4 is 28.1 Å². The van der Waals surface area contributed by atoms with Crippen molar-refractivity contribution in [1.82, 2.24) is 0 Å². The van der Waals surface area contributed by atoms with E-state index in [1.807, 2.05) is 0 Å². The molecule has 0 N–H and O–H groups in total. The van der Waals surface area contributed by atoms with Gasteiger partial charge in [-0.1, -0.05) is 88.8 Å². The molecule has 4 rings (SSSR count). The first-order chi connectivity index (χ1) is 9.84.